The van der Waals surface area contributed by atoms with Crippen molar-refractivity contribution in [1.29, 1.82) is 0 Å². The minimum Gasteiger partial charge on any atom is -0.394 e. The van der Waals surface area contributed by atoms with Crippen LogP contribution in [0.25, 0.3) is 17.0 Å². The van der Waals surface area contributed by atoms with Gasteiger partial charge in [0, 0.05) is 22.9 Å². The average Bonchev–Trinajstić information content (AvgIpc) is 3.42. The molecular weight excluding hydrogens is 561 g/mol. The molecule has 0 radical (unpaired) electrons. The summed E-state index contributed by atoms with van der Waals surface area (Å²) in [4.78, 5) is 19.0. The summed E-state index contributed by atoms with van der Waals surface area (Å²) < 4.78 is 47.9. The van der Waals surface area contributed by atoms with Crippen LogP contribution in [0.15, 0.2) is 57.0 Å². The maximum Gasteiger partial charge on any atom is 0.416 e. The van der Waals surface area contributed by atoms with Gasteiger partial charge in [0.05, 0.1) is 48.0 Å². The van der Waals surface area contributed by atoms with Crippen molar-refractivity contribution in [2.24, 2.45) is 4.99 Å². The van der Waals surface area contributed by atoms with E-state index in [1.807, 2.05) is 11.0 Å². The molecule has 2 aliphatic rings. The van der Waals surface area contributed by atoms with Gasteiger partial charge in [0.25, 0.3) is 5.91 Å². The Morgan fingerprint density at radius 2 is 2.08 bits per heavy atom. The summed E-state index contributed by atoms with van der Waals surface area (Å²) in [6.07, 6.45) is -1.46. The van der Waals surface area contributed by atoms with Gasteiger partial charge in [-0.3, -0.25) is 9.48 Å². The van der Waals surface area contributed by atoms with Gasteiger partial charge in [-0.15, -0.1) is 0 Å². The van der Waals surface area contributed by atoms with E-state index in [2.05, 4.69) is 26.0 Å². The summed E-state index contributed by atoms with van der Waals surface area (Å²) in [6.45, 7) is 1.36. The van der Waals surface area contributed by atoms with E-state index in [0.29, 0.717) is 39.8 Å². The number of carbonyl (C=O) groups excluding carboxylic acids is 1. The number of ether oxygens (including phenoxy) is 1. The molecule has 3 heterocycles. The van der Waals surface area contributed by atoms with Crippen molar-refractivity contribution in [2.75, 3.05) is 26.3 Å². The first kappa shape index (κ1) is 25.0. The fourth-order valence-electron chi connectivity index (χ4n) is 4.12. The third-order valence-electron chi connectivity index (χ3n) is 5.88. The largest absolute Gasteiger partial charge is 0.416 e. The molecule has 0 spiro atoms. The molecule has 36 heavy (non-hydrogen) atoms. The van der Waals surface area contributed by atoms with E-state index in [9.17, 15) is 23.1 Å². The van der Waals surface area contributed by atoms with Crippen LogP contribution in [0.4, 0.5) is 13.2 Å². The molecular formula is C24H20BrF3N4O3S. The fourth-order valence-corrected chi connectivity index (χ4v) is 5.43. The molecule has 0 aliphatic carbocycles. The quantitative estimate of drug-likeness (QED) is 0.457. The number of rotatable bonds is 4. The van der Waals surface area contributed by atoms with E-state index >= 15 is 0 Å². The highest BCUT2D eigenvalue weighted by atomic mass is 79.9. The van der Waals surface area contributed by atoms with Crippen molar-refractivity contribution < 1.29 is 27.8 Å². The number of hydrogen-bond donors (Lipinski definition) is 1. The second kappa shape index (κ2) is 10.0. The summed E-state index contributed by atoms with van der Waals surface area (Å²) in [5.41, 5.74) is 0.842. The maximum atomic E-state index is 13.5. The number of amidine groups is 1. The summed E-state index contributed by atoms with van der Waals surface area (Å²) in [5, 5.41) is 15.0. The van der Waals surface area contributed by atoms with Crippen molar-refractivity contribution in [3.63, 3.8) is 0 Å². The molecule has 2 aliphatic heterocycles. The van der Waals surface area contributed by atoms with Crippen LogP contribution in [0.5, 0.6) is 0 Å². The third-order valence-corrected chi connectivity index (χ3v) is 7.42. The third kappa shape index (κ3) is 5.22. The van der Waals surface area contributed by atoms with E-state index < -0.39 is 11.7 Å². The van der Waals surface area contributed by atoms with Crippen LogP contribution in [0, 0.1) is 0 Å². The Hall–Kier alpha value is -2.67. The second-order valence-electron chi connectivity index (χ2n) is 8.35. The Balaban J connectivity index is 1.35. The standard InChI is InChI=1S/C24H20BrF3N4O3S/c25-17-3-2-15(19(9-17)24(26,27)28)11-32-20-4-1-14(7-16(20)10-29-32)8-21-22(34)30-23(36-21)31-5-6-35-18(12-31)13-33/h1-4,7-10,18,33H,5-6,11-13H2. The van der Waals surface area contributed by atoms with E-state index in [0.717, 1.165) is 17.0 Å². The topological polar surface area (TPSA) is 80.0 Å². The smallest absolute Gasteiger partial charge is 0.394 e. The van der Waals surface area contributed by atoms with Gasteiger partial charge in [-0.05, 0) is 53.2 Å². The second-order valence-corrected chi connectivity index (χ2v) is 10.3. The number of aliphatic hydroxyl groups is 1. The molecule has 1 N–H and O–H groups in total. The first-order valence-electron chi connectivity index (χ1n) is 11.0. The van der Waals surface area contributed by atoms with Gasteiger partial charge in [0.2, 0.25) is 0 Å². The van der Waals surface area contributed by atoms with Crippen molar-refractivity contribution >= 4 is 55.7 Å². The molecule has 0 bridgehead atoms. The zero-order chi connectivity index (χ0) is 25.4. The number of benzene rings is 2. The van der Waals surface area contributed by atoms with E-state index in [1.165, 1.54) is 22.5 Å². The van der Waals surface area contributed by atoms with Crippen molar-refractivity contribution in [3.05, 3.63) is 68.7 Å². The van der Waals surface area contributed by atoms with E-state index in [1.54, 1.807) is 30.5 Å². The predicted molar refractivity (Wildman–Crippen MR) is 134 cm³/mol. The molecule has 1 aromatic heterocycles. The van der Waals surface area contributed by atoms with Crippen LogP contribution >= 0.6 is 27.7 Å². The predicted octanol–water partition coefficient (Wildman–Crippen LogP) is 4.53. The Morgan fingerprint density at radius 1 is 1.25 bits per heavy atom. The number of amides is 1. The first-order valence-corrected chi connectivity index (χ1v) is 12.6. The number of carbonyl (C=O) groups is 1. The lowest BCUT2D eigenvalue weighted by atomic mass is 10.1. The summed E-state index contributed by atoms with van der Waals surface area (Å²) in [7, 11) is 0. The minimum absolute atomic E-state index is 0.0357. The Kier molecular flexibility index (Phi) is 6.95. The highest BCUT2D eigenvalue weighted by Gasteiger charge is 2.34. The van der Waals surface area contributed by atoms with Crippen molar-refractivity contribution in [2.45, 2.75) is 18.8 Å². The lowest BCUT2D eigenvalue weighted by Crippen LogP contribution is -2.45. The zero-order valence-electron chi connectivity index (χ0n) is 18.7. The molecule has 1 fully saturated rings. The molecule has 188 valence electrons. The summed E-state index contributed by atoms with van der Waals surface area (Å²) in [6, 6.07) is 9.49. The highest BCUT2D eigenvalue weighted by molar-refractivity contribution is 9.10. The van der Waals surface area contributed by atoms with Gasteiger partial charge in [0.15, 0.2) is 5.17 Å². The number of aliphatic hydroxyl groups excluding tert-OH is 1. The number of halogens is 4. The van der Waals surface area contributed by atoms with Gasteiger partial charge in [0.1, 0.15) is 0 Å². The monoisotopic (exact) mass is 580 g/mol. The van der Waals surface area contributed by atoms with Gasteiger partial charge < -0.3 is 14.7 Å². The molecule has 1 saturated heterocycles. The fraction of sp³-hybridized carbons (Fsp3) is 0.292. The zero-order valence-corrected chi connectivity index (χ0v) is 21.1. The molecule has 1 amide bonds. The normalized spacial score (nSPS) is 20.0. The highest BCUT2D eigenvalue weighted by Crippen LogP contribution is 2.35. The lowest BCUT2D eigenvalue weighted by Gasteiger charge is -2.32. The Morgan fingerprint density at radius 3 is 2.86 bits per heavy atom. The molecule has 1 unspecified atom stereocenters. The Bertz CT molecular complexity index is 1390. The van der Waals surface area contributed by atoms with Crippen LogP contribution < -0.4 is 0 Å². The number of morpholine rings is 1. The molecule has 7 nitrogen and oxygen atoms in total. The van der Waals surface area contributed by atoms with Gasteiger partial charge >= 0.3 is 6.18 Å². The SMILES string of the molecule is O=C1N=C(N2CCOC(CO)C2)SC1=Cc1ccc2c(cnn2Cc2ccc(Br)cc2C(F)(F)F)c1. The Labute approximate surface area is 216 Å². The van der Waals surface area contributed by atoms with Crippen molar-refractivity contribution in [1.82, 2.24) is 14.7 Å². The van der Waals surface area contributed by atoms with Crippen LogP contribution in [0.1, 0.15) is 16.7 Å². The number of fused-ring (bicyclic) bond motifs is 1. The van der Waals surface area contributed by atoms with Crippen molar-refractivity contribution in [3.8, 4) is 0 Å². The molecule has 1 atom stereocenters. The number of nitrogens with zero attached hydrogens (tertiary/aromatic N) is 4. The van der Waals surface area contributed by atoms with E-state index in [4.69, 9.17) is 4.74 Å². The molecule has 0 saturated carbocycles. The molecule has 3 aromatic rings. The molecule has 5 rings (SSSR count). The number of alkyl halides is 3. The van der Waals surface area contributed by atoms with Crippen LogP contribution in [-0.4, -0.2) is 63.3 Å². The van der Waals surface area contributed by atoms with Crippen LogP contribution in [0.2, 0.25) is 0 Å². The molecule has 12 heteroatoms. The maximum absolute atomic E-state index is 13.5. The van der Waals surface area contributed by atoms with Crippen LogP contribution in [-0.2, 0) is 22.3 Å². The lowest BCUT2D eigenvalue weighted by molar-refractivity contribution is -0.138. The van der Waals surface area contributed by atoms with E-state index in [-0.39, 0.29) is 30.7 Å². The number of aliphatic imine (C=N–C) groups is 1. The number of aromatic nitrogens is 2. The van der Waals surface area contributed by atoms with Gasteiger partial charge in [-0.25, -0.2) is 0 Å². The summed E-state index contributed by atoms with van der Waals surface area (Å²) >= 11 is 4.38. The average molecular weight is 581 g/mol. The summed E-state index contributed by atoms with van der Waals surface area (Å²) in [5.74, 6) is -0.340. The molecule has 2 aromatic carbocycles. The minimum atomic E-state index is -4.48. The van der Waals surface area contributed by atoms with Crippen LogP contribution in [0.3, 0.4) is 0 Å². The number of hydrogen-bond acceptors (Lipinski definition) is 6. The number of thioether (sulfide) groups is 1. The van der Waals surface area contributed by atoms with Gasteiger partial charge in [-0.2, -0.15) is 23.3 Å². The van der Waals surface area contributed by atoms with Gasteiger partial charge in [-0.1, -0.05) is 28.1 Å². The first-order chi connectivity index (χ1) is 17.2.